The van der Waals surface area contributed by atoms with Gasteiger partial charge in [0.25, 0.3) is 0 Å². The second-order valence-electron chi connectivity index (χ2n) is 8.25. The van der Waals surface area contributed by atoms with E-state index in [-0.39, 0.29) is 5.78 Å². The van der Waals surface area contributed by atoms with Crippen molar-refractivity contribution in [3.63, 3.8) is 0 Å². The zero-order chi connectivity index (χ0) is 21.7. The third-order valence-corrected chi connectivity index (χ3v) is 6.33. The van der Waals surface area contributed by atoms with Crippen LogP contribution in [-0.2, 0) is 13.0 Å². The molecule has 1 saturated carbocycles. The van der Waals surface area contributed by atoms with Gasteiger partial charge < -0.3 is 4.40 Å². The fraction of sp³-hybridized carbons (Fsp3) is 0.261. The Morgan fingerprint density at radius 2 is 2.09 bits per heavy atom. The van der Waals surface area contributed by atoms with E-state index >= 15 is 0 Å². The van der Waals surface area contributed by atoms with Crippen molar-refractivity contribution in [2.75, 3.05) is 0 Å². The number of halogens is 1. The van der Waals surface area contributed by atoms with Gasteiger partial charge in [0, 0.05) is 29.2 Å². The van der Waals surface area contributed by atoms with Crippen LogP contribution < -0.4 is 0 Å². The molecule has 0 radical (unpaired) electrons. The van der Waals surface area contributed by atoms with Crippen LogP contribution in [0, 0.1) is 0 Å². The van der Waals surface area contributed by atoms with Crippen LogP contribution in [0.3, 0.4) is 0 Å². The molecule has 5 aromatic rings. The van der Waals surface area contributed by atoms with Crippen molar-refractivity contribution in [2.24, 2.45) is 0 Å². The minimum atomic E-state index is 0.0538. The summed E-state index contributed by atoms with van der Waals surface area (Å²) in [5, 5.41) is 9.03. The van der Waals surface area contributed by atoms with Crippen molar-refractivity contribution in [3.8, 4) is 0 Å². The Labute approximate surface area is 192 Å². The molecule has 5 aromatic heterocycles. The van der Waals surface area contributed by atoms with Gasteiger partial charge in [0.05, 0.1) is 53.4 Å². The number of rotatable bonds is 7. The average Bonchev–Trinajstić information content (AvgIpc) is 3.21. The minimum absolute atomic E-state index is 0.0538. The zero-order valence-corrected chi connectivity index (χ0v) is 18.8. The first-order valence-corrected chi connectivity index (χ1v) is 11.4. The number of pyridine rings is 1. The molecule has 0 unspecified atom stereocenters. The number of aryl methyl sites for hydroxylation is 1. The van der Waals surface area contributed by atoms with Gasteiger partial charge in [-0.2, -0.15) is 10.2 Å². The van der Waals surface area contributed by atoms with Crippen LogP contribution in [0.4, 0.5) is 0 Å². The van der Waals surface area contributed by atoms with Gasteiger partial charge in [-0.15, -0.1) is 0 Å². The summed E-state index contributed by atoms with van der Waals surface area (Å²) in [6.45, 7) is 0.495. The second kappa shape index (κ2) is 7.67. The highest BCUT2D eigenvalue weighted by Crippen LogP contribution is 2.38. The van der Waals surface area contributed by atoms with Crippen LogP contribution in [0.1, 0.15) is 52.6 Å². The summed E-state index contributed by atoms with van der Waals surface area (Å²) in [6.07, 6.45) is 12.5. The Balaban J connectivity index is 1.13. The lowest BCUT2D eigenvalue weighted by Crippen LogP contribution is -2.02. The van der Waals surface area contributed by atoms with E-state index in [2.05, 4.69) is 42.2 Å². The molecule has 32 heavy (non-hydrogen) atoms. The smallest absolute Gasteiger partial charge is 0.166 e. The molecule has 1 aliphatic carbocycles. The predicted molar refractivity (Wildman–Crippen MR) is 122 cm³/mol. The minimum Gasteiger partial charge on any atom is -0.306 e. The van der Waals surface area contributed by atoms with Crippen molar-refractivity contribution in [1.82, 2.24) is 33.8 Å². The first kappa shape index (κ1) is 19.4. The molecule has 0 bridgehead atoms. The summed E-state index contributed by atoms with van der Waals surface area (Å²) in [5.41, 5.74) is 5.34. The summed E-state index contributed by atoms with van der Waals surface area (Å²) in [7, 11) is 0. The van der Waals surface area contributed by atoms with Crippen LogP contribution in [-0.4, -0.2) is 39.5 Å². The standard InChI is InChI=1S/C23H20BrN7O/c24-17-7-8-29-14-25-20(21(29)9-17)3-5-22(32)16-10-26-30(11-16)12-18-13-31-23(27-18)6-4-19(28-31)15-1-2-15/h4,6-11,13-15H,1-3,5,12H2. The lowest BCUT2D eigenvalue weighted by atomic mass is 10.1. The highest BCUT2D eigenvalue weighted by molar-refractivity contribution is 9.10. The Morgan fingerprint density at radius 1 is 1.19 bits per heavy atom. The van der Waals surface area contributed by atoms with Gasteiger partial charge in [-0.25, -0.2) is 14.5 Å². The SMILES string of the molecule is O=C(CCc1ncn2ccc(Br)cc12)c1cnn(Cc2cn3nc(C4CC4)ccc3n2)c1. The highest BCUT2D eigenvalue weighted by Gasteiger charge is 2.25. The molecule has 160 valence electrons. The van der Waals surface area contributed by atoms with Gasteiger partial charge in [-0.1, -0.05) is 15.9 Å². The number of hydrogen-bond acceptors (Lipinski definition) is 5. The quantitative estimate of drug-likeness (QED) is 0.321. The fourth-order valence-electron chi connectivity index (χ4n) is 3.96. The maximum atomic E-state index is 12.7. The normalized spacial score (nSPS) is 13.9. The van der Waals surface area contributed by atoms with Crippen molar-refractivity contribution >= 4 is 32.9 Å². The van der Waals surface area contributed by atoms with Crippen LogP contribution in [0.25, 0.3) is 11.2 Å². The van der Waals surface area contributed by atoms with Gasteiger partial charge in [0.15, 0.2) is 11.4 Å². The number of hydrogen-bond donors (Lipinski definition) is 0. The number of nitrogens with zero attached hydrogens (tertiary/aromatic N) is 7. The zero-order valence-electron chi connectivity index (χ0n) is 17.2. The van der Waals surface area contributed by atoms with Crippen molar-refractivity contribution in [3.05, 3.63) is 82.5 Å². The van der Waals surface area contributed by atoms with Gasteiger partial charge in [-0.05, 0) is 43.5 Å². The summed E-state index contributed by atoms with van der Waals surface area (Å²) in [5.74, 6) is 0.657. The first-order chi connectivity index (χ1) is 15.6. The van der Waals surface area contributed by atoms with Crippen LogP contribution in [0.5, 0.6) is 0 Å². The molecule has 0 aromatic carbocycles. The summed E-state index contributed by atoms with van der Waals surface area (Å²) >= 11 is 3.49. The Bertz CT molecular complexity index is 1460. The maximum absolute atomic E-state index is 12.7. The van der Waals surface area contributed by atoms with Gasteiger partial charge in [-0.3, -0.25) is 9.48 Å². The number of imidazole rings is 2. The topological polar surface area (TPSA) is 82.4 Å². The highest BCUT2D eigenvalue weighted by atomic mass is 79.9. The average molecular weight is 490 g/mol. The maximum Gasteiger partial charge on any atom is 0.166 e. The van der Waals surface area contributed by atoms with Crippen LogP contribution in [0.2, 0.25) is 0 Å². The van der Waals surface area contributed by atoms with Crippen molar-refractivity contribution in [1.29, 1.82) is 0 Å². The predicted octanol–water partition coefficient (Wildman–Crippen LogP) is 4.08. The number of ketones is 1. The third-order valence-electron chi connectivity index (χ3n) is 5.84. The summed E-state index contributed by atoms with van der Waals surface area (Å²) < 4.78 is 6.54. The summed E-state index contributed by atoms with van der Waals surface area (Å²) in [6, 6.07) is 8.06. The largest absolute Gasteiger partial charge is 0.306 e. The van der Waals surface area contributed by atoms with E-state index in [9.17, 15) is 4.79 Å². The number of fused-ring (bicyclic) bond motifs is 2. The third kappa shape index (κ3) is 3.73. The van der Waals surface area contributed by atoms with Crippen LogP contribution >= 0.6 is 15.9 Å². The molecule has 6 rings (SSSR count). The molecule has 0 N–H and O–H groups in total. The Morgan fingerprint density at radius 3 is 2.97 bits per heavy atom. The van der Waals surface area contributed by atoms with E-state index in [1.165, 1.54) is 12.8 Å². The number of Topliss-reactive ketones (excluding diaryl/α,β-unsaturated/α-hetero) is 1. The number of aromatic nitrogens is 7. The van der Waals surface area contributed by atoms with E-state index in [0.29, 0.717) is 30.9 Å². The number of carbonyl (C=O) groups excluding carboxylic acids is 1. The molecule has 0 atom stereocenters. The molecule has 0 aliphatic heterocycles. The van der Waals surface area contributed by atoms with Crippen molar-refractivity contribution in [2.45, 2.75) is 38.1 Å². The van der Waals surface area contributed by atoms with Crippen LogP contribution in [0.15, 0.2) is 59.9 Å². The molecule has 1 fully saturated rings. The fourth-order valence-corrected chi connectivity index (χ4v) is 4.30. The lowest BCUT2D eigenvalue weighted by molar-refractivity contribution is 0.0982. The first-order valence-electron chi connectivity index (χ1n) is 10.6. The molecule has 0 amide bonds. The second-order valence-corrected chi connectivity index (χ2v) is 9.16. The van der Waals surface area contributed by atoms with E-state index in [1.807, 2.05) is 39.5 Å². The van der Waals surface area contributed by atoms with Crippen molar-refractivity contribution < 1.29 is 4.79 Å². The van der Waals surface area contributed by atoms with Gasteiger partial charge in [0.2, 0.25) is 0 Å². The van der Waals surface area contributed by atoms with E-state index in [1.54, 1.807) is 23.4 Å². The van der Waals surface area contributed by atoms with E-state index in [4.69, 9.17) is 0 Å². The number of carbonyl (C=O) groups is 1. The van der Waals surface area contributed by atoms with E-state index < -0.39 is 0 Å². The van der Waals surface area contributed by atoms with Gasteiger partial charge in [0.1, 0.15) is 0 Å². The Hall–Kier alpha value is -3.33. The molecule has 0 spiro atoms. The molecule has 5 heterocycles. The van der Waals surface area contributed by atoms with E-state index in [0.717, 1.165) is 32.7 Å². The molecular formula is C23H20BrN7O. The summed E-state index contributed by atoms with van der Waals surface area (Å²) in [4.78, 5) is 21.8. The molecule has 9 heteroatoms. The van der Waals surface area contributed by atoms with Gasteiger partial charge >= 0.3 is 0 Å². The molecular weight excluding hydrogens is 470 g/mol. The molecule has 0 saturated heterocycles. The lowest BCUT2D eigenvalue weighted by Gasteiger charge is -2.00. The Kier molecular flexibility index (Phi) is 4.64. The molecule has 8 nitrogen and oxygen atoms in total. The molecule has 1 aliphatic rings. The monoisotopic (exact) mass is 489 g/mol.